The fourth-order valence-electron chi connectivity index (χ4n) is 3.30. The molecule has 1 fully saturated rings. The zero-order valence-electron chi connectivity index (χ0n) is 13.9. The summed E-state index contributed by atoms with van der Waals surface area (Å²) in [4.78, 5) is 18.6. The molecule has 1 unspecified atom stereocenters. The lowest BCUT2D eigenvalue weighted by Gasteiger charge is -2.23. The van der Waals surface area contributed by atoms with Crippen molar-refractivity contribution in [3.05, 3.63) is 59.7 Å². The number of oxazole rings is 1. The maximum Gasteiger partial charge on any atom is 0.298 e. The van der Waals surface area contributed by atoms with Gasteiger partial charge in [0.05, 0.1) is 6.04 Å². The smallest absolute Gasteiger partial charge is 0.298 e. The maximum atomic E-state index is 13.7. The normalized spacial score (nSPS) is 17.0. The first-order chi connectivity index (χ1) is 12.6. The minimum Gasteiger partial charge on any atom is -0.423 e. The van der Waals surface area contributed by atoms with Crippen LogP contribution in [0.15, 0.2) is 46.9 Å². The highest BCUT2D eigenvalue weighted by Gasteiger charge is 2.29. The molecule has 0 radical (unpaired) electrons. The monoisotopic (exact) mass is 357 g/mol. The van der Waals surface area contributed by atoms with Crippen LogP contribution < -0.4 is 10.2 Å². The first-order valence-electron chi connectivity index (χ1n) is 8.48. The summed E-state index contributed by atoms with van der Waals surface area (Å²) in [6.45, 7) is 1.01. The van der Waals surface area contributed by atoms with Crippen LogP contribution in [0.3, 0.4) is 0 Å². The molecule has 134 valence electrons. The number of amides is 1. The Kier molecular flexibility index (Phi) is 4.28. The Morgan fingerprint density at radius 1 is 1.19 bits per heavy atom. The summed E-state index contributed by atoms with van der Waals surface area (Å²) in [7, 11) is 0. The van der Waals surface area contributed by atoms with E-state index in [1.54, 1.807) is 0 Å². The first-order valence-corrected chi connectivity index (χ1v) is 8.48. The van der Waals surface area contributed by atoms with Gasteiger partial charge in [-0.3, -0.25) is 4.79 Å². The third-order valence-corrected chi connectivity index (χ3v) is 4.59. The fourth-order valence-corrected chi connectivity index (χ4v) is 3.30. The quantitative estimate of drug-likeness (QED) is 0.776. The number of benzene rings is 2. The highest BCUT2D eigenvalue weighted by atomic mass is 19.1. The van der Waals surface area contributed by atoms with E-state index in [2.05, 4.69) is 10.3 Å². The number of nitrogens with zero attached hydrogens (tertiary/aromatic N) is 2. The predicted molar refractivity (Wildman–Crippen MR) is 93.1 cm³/mol. The molecule has 26 heavy (non-hydrogen) atoms. The summed E-state index contributed by atoms with van der Waals surface area (Å²) < 4.78 is 33.2. The Bertz CT molecular complexity index is 904. The molecule has 0 saturated carbocycles. The molecular formula is C19H17F2N3O2. The van der Waals surface area contributed by atoms with Gasteiger partial charge >= 0.3 is 0 Å². The molecule has 1 amide bonds. The number of fused-ring (bicyclic) bond motifs is 1. The van der Waals surface area contributed by atoms with E-state index in [1.165, 1.54) is 6.07 Å². The van der Waals surface area contributed by atoms with Crippen molar-refractivity contribution in [2.45, 2.75) is 18.9 Å². The maximum absolute atomic E-state index is 13.7. The lowest BCUT2D eigenvalue weighted by Crippen LogP contribution is -2.40. The molecule has 1 aromatic heterocycles. The van der Waals surface area contributed by atoms with Gasteiger partial charge in [0.25, 0.3) is 11.9 Å². The minimum atomic E-state index is -0.871. The molecule has 2 heterocycles. The van der Waals surface area contributed by atoms with E-state index in [1.807, 2.05) is 29.2 Å². The molecule has 2 aromatic carbocycles. The van der Waals surface area contributed by atoms with E-state index >= 15 is 0 Å². The Morgan fingerprint density at radius 3 is 2.73 bits per heavy atom. The van der Waals surface area contributed by atoms with Crippen LogP contribution in [0.5, 0.6) is 0 Å². The van der Waals surface area contributed by atoms with Crippen molar-refractivity contribution in [1.82, 2.24) is 10.3 Å². The third-order valence-electron chi connectivity index (χ3n) is 4.59. The van der Waals surface area contributed by atoms with Crippen LogP contribution in [-0.2, 0) is 0 Å². The highest BCUT2D eigenvalue weighted by Crippen LogP contribution is 2.28. The third kappa shape index (κ3) is 3.00. The summed E-state index contributed by atoms with van der Waals surface area (Å²) in [6.07, 6.45) is 1.76. The second-order valence-electron chi connectivity index (χ2n) is 6.26. The number of hydrogen-bond acceptors (Lipinski definition) is 4. The average Bonchev–Trinajstić information content (AvgIpc) is 3.26. The Balaban J connectivity index is 1.48. The second-order valence-corrected chi connectivity index (χ2v) is 6.26. The zero-order chi connectivity index (χ0) is 18.1. The average molecular weight is 357 g/mol. The number of carbonyl (C=O) groups is 1. The van der Waals surface area contributed by atoms with Gasteiger partial charge in [-0.05, 0) is 37.1 Å². The number of anilines is 1. The van der Waals surface area contributed by atoms with Gasteiger partial charge < -0.3 is 14.6 Å². The first kappa shape index (κ1) is 16.5. The van der Waals surface area contributed by atoms with Crippen LogP contribution in [0.25, 0.3) is 11.1 Å². The van der Waals surface area contributed by atoms with Crippen molar-refractivity contribution in [3.63, 3.8) is 0 Å². The van der Waals surface area contributed by atoms with Crippen LogP contribution in [0.4, 0.5) is 14.8 Å². The molecule has 1 aliphatic heterocycles. The number of para-hydroxylation sites is 2. The number of rotatable bonds is 4. The summed E-state index contributed by atoms with van der Waals surface area (Å²) >= 11 is 0. The SMILES string of the molecule is O=C(NCC1CCCN1c1nc2ccccc2o1)c1c(F)cccc1F. The summed E-state index contributed by atoms with van der Waals surface area (Å²) in [5.41, 5.74) is 0.912. The predicted octanol–water partition coefficient (Wildman–Crippen LogP) is 3.50. The number of halogens is 2. The lowest BCUT2D eigenvalue weighted by molar-refractivity contribution is 0.0942. The van der Waals surface area contributed by atoms with Gasteiger partial charge in [0.2, 0.25) is 0 Å². The van der Waals surface area contributed by atoms with Crippen LogP contribution in [0.2, 0.25) is 0 Å². The van der Waals surface area contributed by atoms with Crippen LogP contribution in [0, 0.1) is 11.6 Å². The number of aromatic nitrogens is 1. The van der Waals surface area contributed by atoms with Gasteiger partial charge in [-0.15, -0.1) is 0 Å². The summed E-state index contributed by atoms with van der Waals surface area (Å²) in [5.74, 6) is -2.50. The lowest BCUT2D eigenvalue weighted by atomic mass is 10.1. The standard InChI is InChI=1S/C19H17F2N3O2/c20-13-6-3-7-14(21)17(13)18(25)22-11-12-5-4-10-24(12)19-23-15-8-1-2-9-16(15)26-19/h1-3,6-9,12H,4-5,10-11H2,(H,22,25). The van der Waals surface area contributed by atoms with Crippen LogP contribution in [0.1, 0.15) is 23.2 Å². The molecular weight excluding hydrogens is 340 g/mol. The van der Waals surface area contributed by atoms with E-state index in [-0.39, 0.29) is 12.6 Å². The number of carbonyl (C=O) groups excluding carboxylic acids is 1. The van der Waals surface area contributed by atoms with Gasteiger partial charge in [-0.25, -0.2) is 8.78 Å². The van der Waals surface area contributed by atoms with E-state index in [0.29, 0.717) is 11.6 Å². The Hall–Kier alpha value is -2.96. The van der Waals surface area contributed by atoms with Crippen molar-refractivity contribution in [2.75, 3.05) is 18.0 Å². The molecule has 3 aromatic rings. The van der Waals surface area contributed by atoms with Crippen LogP contribution in [-0.4, -0.2) is 30.0 Å². The molecule has 4 rings (SSSR count). The zero-order valence-corrected chi connectivity index (χ0v) is 13.9. The van der Waals surface area contributed by atoms with Crippen molar-refractivity contribution in [2.24, 2.45) is 0 Å². The molecule has 1 aliphatic rings. The molecule has 1 saturated heterocycles. The van der Waals surface area contributed by atoms with E-state index in [4.69, 9.17) is 4.42 Å². The largest absolute Gasteiger partial charge is 0.423 e. The number of nitrogens with one attached hydrogen (secondary N) is 1. The van der Waals surface area contributed by atoms with Gasteiger partial charge in [-0.1, -0.05) is 18.2 Å². The molecule has 1 N–H and O–H groups in total. The van der Waals surface area contributed by atoms with E-state index in [0.717, 1.165) is 37.0 Å². The van der Waals surface area contributed by atoms with Gasteiger partial charge in [0.1, 0.15) is 22.7 Å². The van der Waals surface area contributed by atoms with E-state index in [9.17, 15) is 13.6 Å². The molecule has 0 bridgehead atoms. The molecule has 5 nitrogen and oxygen atoms in total. The Labute approximate surface area is 148 Å². The second kappa shape index (κ2) is 6.74. The molecule has 0 aliphatic carbocycles. The van der Waals surface area contributed by atoms with Gasteiger partial charge in [-0.2, -0.15) is 4.98 Å². The van der Waals surface area contributed by atoms with Crippen molar-refractivity contribution in [1.29, 1.82) is 0 Å². The topological polar surface area (TPSA) is 58.4 Å². The van der Waals surface area contributed by atoms with Crippen LogP contribution >= 0.6 is 0 Å². The number of hydrogen-bond donors (Lipinski definition) is 1. The Morgan fingerprint density at radius 2 is 1.96 bits per heavy atom. The van der Waals surface area contributed by atoms with Crippen molar-refractivity contribution < 1.29 is 18.0 Å². The van der Waals surface area contributed by atoms with Crippen molar-refractivity contribution in [3.8, 4) is 0 Å². The van der Waals surface area contributed by atoms with E-state index < -0.39 is 23.1 Å². The molecule has 7 heteroatoms. The molecule has 0 spiro atoms. The molecule has 1 atom stereocenters. The highest BCUT2D eigenvalue weighted by molar-refractivity contribution is 5.94. The summed E-state index contributed by atoms with van der Waals surface area (Å²) in [5, 5.41) is 2.63. The van der Waals surface area contributed by atoms with Gasteiger partial charge in [0.15, 0.2) is 5.58 Å². The minimum absolute atomic E-state index is 0.0400. The van der Waals surface area contributed by atoms with Gasteiger partial charge in [0, 0.05) is 13.1 Å². The fraction of sp³-hybridized carbons (Fsp3) is 0.263. The summed E-state index contributed by atoms with van der Waals surface area (Å²) in [6, 6.07) is 11.3. The van der Waals surface area contributed by atoms with Crippen molar-refractivity contribution >= 4 is 23.0 Å².